The van der Waals surface area contributed by atoms with Gasteiger partial charge < -0.3 is 4.90 Å². The lowest BCUT2D eigenvalue weighted by Gasteiger charge is -2.16. The molecule has 0 N–H and O–H groups in total. The summed E-state index contributed by atoms with van der Waals surface area (Å²) in [6, 6.07) is 7.98. The molecule has 82 valence electrons. The Morgan fingerprint density at radius 2 is 2.06 bits per heavy atom. The molecule has 0 aliphatic carbocycles. The van der Waals surface area contributed by atoms with Crippen LogP contribution in [0.2, 0.25) is 0 Å². The lowest BCUT2D eigenvalue weighted by atomic mass is 10.3. The number of nitrogens with zero attached hydrogens (tertiary/aromatic N) is 3. The topological polar surface area (TPSA) is 29.0 Å². The number of hydrogen-bond donors (Lipinski definition) is 0. The van der Waals surface area contributed by atoms with Crippen molar-refractivity contribution in [2.45, 2.75) is 11.2 Å². The van der Waals surface area contributed by atoms with Crippen LogP contribution in [0, 0.1) is 0 Å². The molecule has 1 aromatic carbocycles. The summed E-state index contributed by atoms with van der Waals surface area (Å²) < 4.78 is 0. The molecule has 0 amide bonds. The Morgan fingerprint density at radius 1 is 1.25 bits per heavy atom. The minimum Gasteiger partial charge on any atom is -0.354 e. The van der Waals surface area contributed by atoms with E-state index in [1.807, 2.05) is 30.5 Å². The van der Waals surface area contributed by atoms with E-state index in [-0.39, 0.29) is 0 Å². The van der Waals surface area contributed by atoms with Crippen LogP contribution in [0.1, 0.15) is 6.42 Å². The molecule has 2 aromatic rings. The molecule has 0 bridgehead atoms. The van der Waals surface area contributed by atoms with Crippen molar-refractivity contribution in [3.63, 3.8) is 0 Å². The molecule has 1 fully saturated rings. The Labute approximate surface area is 103 Å². The van der Waals surface area contributed by atoms with Gasteiger partial charge in [0.15, 0.2) is 0 Å². The largest absolute Gasteiger partial charge is 0.354 e. The first kappa shape index (κ1) is 10.0. The van der Waals surface area contributed by atoms with Crippen LogP contribution in [0.25, 0.3) is 11.0 Å². The van der Waals surface area contributed by atoms with Gasteiger partial charge in [-0.15, -0.1) is 0 Å². The number of halogens is 1. The maximum atomic E-state index is 4.63. The fourth-order valence-electron chi connectivity index (χ4n) is 2.03. The summed E-state index contributed by atoms with van der Waals surface area (Å²) in [6.07, 6.45) is 3.04. The van der Waals surface area contributed by atoms with Gasteiger partial charge in [0, 0.05) is 17.9 Å². The zero-order chi connectivity index (χ0) is 11.0. The summed E-state index contributed by atoms with van der Waals surface area (Å²) >= 11 is 3.64. The summed E-state index contributed by atoms with van der Waals surface area (Å²) in [6.45, 7) is 2.08. The van der Waals surface area contributed by atoms with Gasteiger partial charge in [0.05, 0.1) is 17.2 Å². The highest BCUT2D eigenvalue weighted by molar-refractivity contribution is 9.09. The van der Waals surface area contributed by atoms with E-state index in [2.05, 4.69) is 30.8 Å². The average Bonchev–Trinajstić information content (AvgIpc) is 2.75. The lowest BCUT2D eigenvalue weighted by Crippen LogP contribution is -2.20. The van der Waals surface area contributed by atoms with Crippen molar-refractivity contribution < 1.29 is 0 Å². The van der Waals surface area contributed by atoms with Crippen LogP contribution < -0.4 is 4.90 Å². The van der Waals surface area contributed by atoms with Gasteiger partial charge in [0.25, 0.3) is 0 Å². The van der Waals surface area contributed by atoms with E-state index in [1.165, 1.54) is 6.42 Å². The molecule has 1 unspecified atom stereocenters. The Kier molecular flexibility index (Phi) is 2.52. The van der Waals surface area contributed by atoms with E-state index >= 15 is 0 Å². The maximum absolute atomic E-state index is 4.63. The van der Waals surface area contributed by atoms with Gasteiger partial charge in [0.2, 0.25) is 0 Å². The Bertz CT molecular complexity index is 514. The van der Waals surface area contributed by atoms with Crippen molar-refractivity contribution in [2.24, 2.45) is 0 Å². The maximum Gasteiger partial charge on any atom is 0.147 e. The number of fused-ring (bicyclic) bond motifs is 1. The van der Waals surface area contributed by atoms with Crippen LogP contribution in [0.4, 0.5) is 5.82 Å². The van der Waals surface area contributed by atoms with Gasteiger partial charge in [0.1, 0.15) is 5.82 Å². The summed E-state index contributed by atoms with van der Waals surface area (Å²) in [7, 11) is 0. The molecule has 4 heteroatoms. The van der Waals surface area contributed by atoms with Crippen LogP contribution in [-0.4, -0.2) is 27.9 Å². The highest BCUT2D eigenvalue weighted by atomic mass is 79.9. The SMILES string of the molecule is BrC1CCN(c2cnc3ccccc3n2)C1. The normalized spacial score (nSPS) is 20.6. The molecule has 0 radical (unpaired) electrons. The van der Waals surface area contributed by atoms with Crippen LogP contribution in [0.15, 0.2) is 30.5 Å². The Balaban J connectivity index is 1.99. The molecule has 1 aliphatic rings. The molecule has 0 spiro atoms. The molecule has 2 heterocycles. The number of anilines is 1. The van der Waals surface area contributed by atoms with E-state index in [4.69, 9.17) is 0 Å². The number of para-hydroxylation sites is 2. The van der Waals surface area contributed by atoms with Crippen molar-refractivity contribution in [1.82, 2.24) is 9.97 Å². The molecule has 3 nitrogen and oxygen atoms in total. The first-order valence-corrected chi connectivity index (χ1v) is 6.35. The first-order valence-electron chi connectivity index (χ1n) is 5.44. The van der Waals surface area contributed by atoms with Gasteiger partial charge in [-0.05, 0) is 18.6 Å². The molecule has 1 aliphatic heterocycles. The highest BCUT2D eigenvalue weighted by Gasteiger charge is 2.21. The van der Waals surface area contributed by atoms with Crippen LogP contribution in [0.5, 0.6) is 0 Å². The van der Waals surface area contributed by atoms with Crippen LogP contribution in [0.3, 0.4) is 0 Å². The summed E-state index contributed by atoms with van der Waals surface area (Å²) in [4.78, 5) is 11.9. The highest BCUT2D eigenvalue weighted by Crippen LogP contribution is 2.23. The van der Waals surface area contributed by atoms with E-state index in [9.17, 15) is 0 Å². The van der Waals surface area contributed by atoms with Gasteiger partial charge in [-0.3, -0.25) is 4.98 Å². The van der Waals surface area contributed by atoms with Crippen LogP contribution in [-0.2, 0) is 0 Å². The lowest BCUT2D eigenvalue weighted by molar-refractivity contribution is 0.937. The Morgan fingerprint density at radius 3 is 2.81 bits per heavy atom. The molecule has 1 saturated heterocycles. The zero-order valence-electron chi connectivity index (χ0n) is 8.81. The standard InChI is InChI=1S/C12H12BrN3/c13-9-5-6-16(8-9)12-7-14-10-3-1-2-4-11(10)15-12/h1-4,7,9H,5-6,8H2. The molecular weight excluding hydrogens is 266 g/mol. The van der Waals surface area contributed by atoms with Crippen molar-refractivity contribution in [2.75, 3.05) is 18.0 Å². The van der Waals surface area contributed by atoms with E-state index in [0.29, 0.717) is 4.83 Å². The summed E-state index contributed by atoms with van der Waals surface area (Å²) in [5, 5.41) is 0. The second-order valence-electron chi connectivity index (χ2n) is 4.05. The fourth-order valence-corrected chi connectivity index (χ4v) is 2.58. The zero-order valence-corrected chi connectivity index (χ0v) is 10.4. The summed E-state index contributed by atoms with van der Waals surface area (Å²) in [5.41, 5.74) is 1.93. The third-order valence-corrected chi connectivity index (χ3v) is 3.64. The van der Waals surface area contributed by atoms with Crippen molar-refractivity contribution in [3.8, 4) is 0 Å². The van der Waals surface area contributed by atoms with Crippen molar-refractivity contribution in [1.29, 1.82) is 0 Å². The predicted molar refractivity (Wildman–Crippen MR) is 69.1 cm³/mol. The number of rotatable bonds is 1. The van der Waals surface area contributed by atoms with Crippen molar-refractivity contribution in [3.05, 3.63) is 30.5 Å². The fraction of sp³-hybridized carbons (Fsp3) is 0.333. The molecular formula is C12H12BrN3. The molecule has 0 saturated carbocycles. The predicted octanol–water partition coefficient (Wildman–Crippen LogP) is 2.60. The van der Waals surface area contributed by atoms with Crippen LogP contribution >= 0.6 is 15.9 Å². The quantitative estimate of drug-likeness (QED) is 0.751. The van der Waals surface area contributed by atoms with Gasteiger partial charge >= 0.3 is 0 Å². The molecule has 1 atom stereocenters. The van der Waals surface area contributed by atoms with Gasteiger partial charge in [-0.1, -0.05) is 28.1 Å². The number of hydrogen-bond acceptors (Lipinski definition) is 3. The average molecular weight is 278 g/mol. The van der Waals surface area contributed by atoms with E-state index < -0.39 is 0 Å². The first-order chi connectivity index (χ1) is 7.83. The minimum absolute atomic E-state index is 0.584. The molecule has 16 heavy (non-hydrogen) atoms. The second-order valence-corrected chi connectivity index (χ2v) is 5.34. The van der Waals surface area contributed by atoms with Gasteiger partial charge in [-0.25, -0.2) is 4.98 Å². The molecule has 1 aromatic heterocycles. The second kappa shape index (κ2) is 4.01. The third kappa shape index (κ3) is 1.78. The van der Waals surface area contributed by atoms with Crippen molar-refractivity contribution >= 4 is 32.8 Å². The van der Waals surface area contributed by atoms with Gasteiger partial charge in [-0.2, -0.15) is 0 Å². The smallest absolute Gasteiger partial charge is 0.147 e. The monoisotopic (exact) mass is 277 g/mol. The number of aromatic nitrogens is 2. The number of benzene rings is 1. The Hall–Kier alpha value is -1.16. The minimum atomic E-state index is 0.584. The van der Waals surface area contributed by atoms with E-state index in [1.54, 1.807) is 0 Å². The molecule has 3 rings (SSSR count). The van der Waals surface area contributed by atoms with E-state index in [0.717, 1.165) is 29.9 Å². The summed E-state index contributed by atoms with van der Waals surface area (Å²) in [5.74, 6) is 0.987. The third-order valence-electron chi connectivity index (χ3n) is 2.89. The number of alkyl halides is 1.